The first-order chi connectivity index (χ1) is 12.7. The molecule has 0 spiro atoms. The lowest BCUT2D eigenvalue weighted by atomic mass is 9.75. The van der Waals surface area contributed by atoms with Crippen LogP contribution in [0.15, 0.2) is 12.7 Å². The molecule has 1 aliphatic carbocycles. The molecular formula is C22H40F2O3. The lowest BCUT2D eigenvalue weighted by molar-refractivity contribution is -0.157. The van der Waals surface area contributed by atoms with Gasteiger partial charge in [0.1, 0.15) is 13.2 Å². The van der Waals surface area contributed by atoms with E-state index in [1.54, 1.807) is 0 Å². The minimum absolute atomic E-state index is 0.00990. The van der Waals surface area contributed by atoms with Gasteiger partial charge in [0.15, 0.2) is 0 Å². The smallest absolute Gasteiger partial charge is 0.293 e. The Bertz CT molecular complexity index is 393. The summed E-state index contributed by atoms with van der Waals surface area (Å²) in [5.74, 6) is -1.06. The Morgan fingerprint density at radius 1 is 1.07 bits per heavy atom. The molecular weight excluding hydrogens is 350 g/mol. The van der Waals surface area contributed by atoms with Crippen LogP contribution in [-0.2, 0) is 14.2 Å². The Morgan fingerprint density at radius 3 is 2.37 bits per heavy atom. The van der Waals surface area contributed by atoms with E-state index in [0.29, 0.717) is 30.8 Å². The van der Waals surface area contributed by atoms with Gasteiger partial charge in [-0.25, -0.2) is 8.78 Å². The van der Waals surface area contributed by atoms with Crippen molar-refractivity contribution in [2.45, 2.75) is 84.4 Å². The van der Waals surface area contributed by atoms with Crippen LogP contribution in [0.25, 0.3) is 0 Å². The van der Waals surface area contributed by atoms with Crippen molar-refractivity contribution in [1.82, 2.24) is 0 Å². The highest BCUT2D eigenvalue weighted by Crippen LogP contribution is 2.36. The van der Waals surface area contributed by atoms with Gasteiger partial charge in [0, 0.05) is 13.2 Å². The van der Waals surface area contributed by atoms with Crippen LogP contribution in [0.2, 0.25) is 0 Å². The maximum absolute atomic E-state index is 13.8. The number of ether oxygens (including phenoxy) is 3. The summed E-state index contributed by atoms with van der Waals surface area (Å²) in [6.07, 6.45) is 7.36. The van der Waals surface area contributed by atoms with Crippen LogP contribution in [0.4, 0.5) is 8.78 Å². The van der Waals surface area contributed by atoms with Gasteiger partial charge in [-0.15, -0.1) is 6.58 Å². The average molecular weight is 391 g/mol. The number of hydrogen-bond donors (Lipinski definition) is 0. The van der Waals surface area contributed by atoms with Crippen molar-refractivity contribution in [2.75, 3.05) is 26.4 Å². The first-order valence-electron chi connectivity index (χ1n) is 10.5. The van der Waals surface area contributed by atoms with E-state index in [9.17, 15) is 8.78 Å². The summed E-state index contributed by atoms with van der Waals surface area (Å²) in [4.78, 5) is 0. The molecule has 0 heterocycles. The fourth-order valence-electron chi connectivity index (χ4n) is 3.17. The van der Waals surface area contributed by atoms with Gasteiger partial charge < -0.3 is 14.2 Å². The molecule has 1 fully saturated rings. The second-order valence-electron chi connectivity index (χ2n) is 8.66. The molecule has 160 valence electrons. The third-order valence-electron chi connectivity index (χ3n) is 5.20. The van der Waals surface area contributed by atoms with Crippen LogP contribution in [0.5, 0.6) is 0 Å². The van der Waals surface area contributed by atoms with E-state index >= 15 is 0 Å². The van der Waals surface area contributed by atoms with Gasteiger partial charge in [0.2, 0.25) is 0 Å². The van der Waals surface area contributed by atoms with E-state index in [-0.39, 0.29) is 18.8 Å². The monoisotopic (exact) mass is 390 g/mol. The molecule has 1 saturated carbocycles. The third-order valence-corrected chi connectivity index (χ3v) is 5.20. The molecule has 0 amide bonds. The van der Waals surface area contributed by atoms with Crippen LogP contribution in [-0.4, -0.2) is 44.6 Å². The Balaban J connectivity index is 2.06. The maximum atomic E-state index is 13.8. The van der Waals surface area contributed by atoms with Crippen LogP contribution in [0.3, 0.4) is 0 Å². The van der Waals surface area contributed by atoms with Crippen molar-refractivity contribution >= 4 is 0 Å². The van der Waals surface area contributed by atoms with Crippen LogP contribution >= 0.6 is 0 Å². The molecule has 0 saturated heterocycles. The van der Waals surface area contributed by atoms with Crippen molar-refractivity contribution in [2.24, 2.45) is 17.8 Å². The number of halogens is 2. The van der Waals surface area contributed by atoms with E-state index in [1.807, 2.05) is 6.08 Å². The van der Waals surface area contributed by atoms with Gasteiger partial charge in [-0.2, -0.15) is 0 Å². The second kappa shape index (κ2) is 12.8. The van der Waals surface area contributed by atoms with Crippen molar-refractivity contribution in [3.05, 3.63) is 12.7 Å². The van der Waals surface area contributed by atoms with E-state index in [1.165, 1.54) is 0 Å². The fraction of sp³-hybridized carbons (Fsp3) is 0.909. The minimum atomic E-state index is -2.92. The lowest BCUT2D eigenvalue weighted by Gasteiger charge is -2.38. The van der Waals surface area contributed by atoms with Gasteiger partial charge in [-0.1, -0.05) is 33.8 Å². The molecule has 0 radical (unpaired) electrons. The quantitative estimate of drug-likeness (QED) is 0.243. The highest BCUT2D eigenvalue weighted by molar-refractivity contribution is 4.83. The van der Waals surface area contributed by atoms with Crippen molar-refractivity contribution in [1.29, 1.82) is 0 Å². The Kier molecular flexibility index (Phi) is 11.7. The van der Waals surface area contributed by atoms with Gasteiger partial charge in [0.25, 0.3) is 5.92 Å². The van der Waals surface area contributed by atoms with E-state index in [4.69, 9.17) is 14.2 Å². The molecule has 0 aromatic rings. The molecule has 27 heavy (non-hydrogen) atoms. The summed E-state index contributed by atoms with van der Waals surface area (Å²) in [6.45, 7) is 12.1. The molecule has 0 aliphatic heterocycles. The highest BCUT2D eigenvalue weighted by atomic mass is 19.3. The number of hydrogen-bond acceptors (Lipinski definition) is 3. The number of rotatable bonds is 16. The van der Waals surface area contributed by atoms with Crippen LogP contribution < -0.4 is 0 Å². The molecule has 1 atom stereocenters. The normalized spacial score (nSPS) is 21.5. The standard InChI is InChI=1S/C22H40F2O3/c1-6-8-20(10-9-17(2)3)26-12-7-11-25-15-22(23,24)16-27-21-13-19(14-21)18(4)5/h6,17-21H,1,7-16H2,2-5H3. The van der Waals surface area contributed by atoms with Gasteiger partial charge in [-0.05, 0) is 56.3 Å². The minimum Gasteiger partial charge on any atom is -0.378 e. The summed E-state index contributed by atoms with van der Waals surface area (Å²) in [7, 11) is 0. The molecule has 0 aromatic heterocycles. The van der Waals surface area contributed by atoms with Crippen molar-refractivity contribution in [3.63, 3.8) is 0 Å². The SMILES string of the molecule is C=CCC(CCC(C)C)OCCCOCC(F)(F)COC1CC(C(C)C)C1. The fourth-order valence-corrected chi connectivity index (χ4v) is 3.17. The molecule has 1 rings (SSSR count). The zero-order chi connectivity index (χ0) is 20.3. The molecule has 3 nitrogen and oxygen atoms in total. The topological polar surface area (TPSA) is 27.7 Å². The van der Waals surface area contributed by atoms with Gasteiger partial charge in [-0.3, -0.25) is 0 Å². The Morgan fingerprint density at radius 2 is 1.78 bits per heavy atom. The molecule has 5 heteroatoms. The average Bonchev–Trinajstić information content (AvgIpc) is 2.53. The molecule has 1 unspecified atom stereocenters. The van der Waals surface area contributed by atoms with Crippen LogP contribution in [0.1, 0.15) is 66.2 Å². The summed E-state index contributed by atoms with van der Waals surface area (Å²) in [6, 6.07) is 0. The molecule has 1 aliphatic rings. The first kappa shape index (κ1) is 24.5. The van der Waals surface area contributed by atoms with E-state index in [0.717, 1.165) is 32.1 Å². The summed E-state index contributed by atoms with van der Waals surface area (Å²) < 4.78 is 44.0. The molecule has 0 aromatic carbocycles. The summed E-state index contributed by atoms with van der Waals surface area (Å²) in [5.41, 5.74) is 0. The summed E-state index contributed by atoms with van der Waals surface area (Å²) >= 11 is 0. The van der Waals surface area contributed by atoms with E-state index in [2.05, 4.69) is 34.3 Å². The molecule has 0 N–H and O–H groups in total. The number of alkyl halides is 2. The summed E-state index contributed by atoms with van der Waals surface area (Å²) in [5, 5.41) is 0. The lowest BCUT2D eigenvalue weighted by Crippen LogP contribution is -2.39. The van der Waals surface area contributed by atoms with Crippen molar-refractivity contribution in [3.8, 4) is 0 Å². The zero-order valence-corrected chi connectivity index (χ0v) is 17.7. The highest BCUT2D eigenvalue weighted by Gasteiger charge is 2.36. The van der Waals surface area contributed by atoms with Crippen LogP contribution in [0, 0.1) is 17.8 Å². The predicted octanol–water partition coefficient (Wildman–Crippen LogP) is 5.88. The van der Waals surface area contributed by atoms with Gasteiger partial charge in [0.05, 0.1) is 12.2 Å². The third kappa shape index (κ3) is 11.2. The van der Waals surface area contributed by atoms with Gasteiger partial charge >= 0.3 is 0 Å². The Labute approximate surface area is 164 Å². The van der Waals surface area contributed by atoms with E-state index < -0.39 is 19.1 Å². The molecule has 0 bridgehead atoms. The zero-order valence-electron chi connectivity index (χ0n) is 17.7. The first-order valence-corrected chi connectivity index (χ1v) is 10.5. The maximum Gasteiger partial charge on any atom is 0.293 e. The van der Waals surface area contributed by atoms with Crippen molar-refractivity contribution < 1.29 is 23.0 Å². The largest absolute Gasteiger partial charge is 0.378 e. The Hall–Kier alpha value is -0.520. The second-order valence-corrected chi connectivity index (χ2v) is 8.66. The predicted molar refractivity (Wildman–Crippen MR) is 106 cm³/mol.